The summed E-state index contributed by atoms with van der Waals surface area (Å²) in [5.74, 6) is 0. The summed E-state index contributed by atoms with van der Waals surface area (Å²) in [6, 6.07) is 0. The molecule has 0 unspecified atom stereocenters. The monoisotopic (exact) mass is 190 g/mol. The minimum Gasteiger partial charge on any atom is -0.306 e. The van der Waals surface area contributed by atoms with Crippen molar-refractivity contribution in [3.63, 3.8) is 0 Å². The first kappa shape index (κ1) is 10.4. The van der Waals surface area contributed by atoms with E-state index in [1.807, 2.05) is 14.0 Å². The molecule has 0 saturated carbocycles. The van der Waals surface area contributed by atoms with Gasteiger partial charge in [-0.3, -0.25) is 10.1 Å². The summed E-state index contributed by atoms with van der Waals surface area (Å²) in [4.78, 5) is 0. The van der Waals surface area contributed by atoms with Gasteiger partial charge in [0.15, 0.2) is 0 Å². The van der Waals surface area contributed by atoms with Crippen molar-refractivity contribution in [2.75, 3.05) is 0 Å². The molecule has 0 aromatic carbocycles. The number of rotatable bonds is 3. The zero-order chi connectivity index (χ0) is 10.7. The fraction of sp³-hybridized carbons (Fsp3) is 0.300. The van der Waals surface area contributed by atoms with Crippen LogP contribution in [0.1, 0.15) is 18.2 Å². The lowest BCUT2D eigenvalue weighted by molar-refractivity contribution is 0.759. The second-order valence-electron chi connectivity index (χ2n) is 3.23. The van der Waals surface area contributed by atoms with Crippen LogP contribution in [0, 0.1) is 17.7 Å². The van der Waals surface area contributed by atoms with Gasteiger partial charge in [-0.1, -0.05) is 0 Å². The predicted molar refractivity (Wildman–Crippen MR) is 57.3 cm³/mol. The number of hydrogen-bond donors (Lipinski definition) is 2. The van der Waals surface area contributed by atoms with Crippen LogP contribution in [0.5, 0.6) is 0 Å². The van der Waals surface area contributed by atoms with Crippen LogP contribution in [0.15, 0.2) is 18.3 Å². The molecule has 74 valence electrons. The highest BCUT2D eigenvalue weighted by atomic mass is 15.3. The molecule has 0 fully saturated rings. The van der Waals surface area contributed by atoms with Gasteiger partial charge in [0.25, 0.3) is 0 Å². The first-order chi connectivity index (χ1) is 6.52. The number of aryl methyl sites for hydroxylation is 2. The van der Waals surface area contributed by atoms with Crippen LogP contribution in [0.4, 0.5) is 0 Å². The van der Waals surface area contributed by atoms with Crippen LogP contribution < -0.4 is 0 Å². The molecule has 0 atom stereocenters. The van der Waals surface area contributed by atoms with Gasteiger partial charge in [0.2, 0.25) is 0 Å². The molecule has 1 aromatic heterocycles. The van der Waals surface area contributed by atoms with Crippen molar-refractivity contribution in [3.8, 4) is 0 Å². The lowest BCUT2D eigenvalue weighted by Crippen LogP contribution is -2.06. The molecule has 1 heterocycles. The van der Waals surface area contributed by atoms with Gasteiger partial charge in [0.1, 0.15) is 0 Å². The first-order valence-corrected chi connectivity index (χ1v) is 4.33. The van der Waals surface area contributed by atoms with E-state index in [4.69, 9.17) is 10.8 Å². The largest absolute Gasteiger partial charge is 0.306 e. The molecule has 4 nitrogen and oxygen atoms in total. The molecule has 0 radical (unpaired) electrons. The highest BCUT2D eigenvalue weighted by molar-refractivity contribution is 6.09. The van der Waals surface area contributed by atoms with Gasteiger partial charge in [0.05, 0.1) is 17.6 Å². The Balaban J connectivity index is 2.95. The molecule has 0 aliphatic carbocycles. The van der Waals surface area contributed by atoms with E-state index in [0.717, 1.165) is 11.3 Å². The third-order valence-corrected chi connectivity index (χ3v) is 1.88. The molecule has 0 saturated heterocycles. The van der Waals surface area contributed by atoms with Crippen molar-refractivity contribution >= 4 is 11.4 Å². The van der Waals surface area contributed by atoms with Crippen molar-refractivity contribution in [2.24, 2.45) is 7.05 Å². The van der Waals surface area contributed by atoms with Crippen LogP contribution in [-0.4, -0.2) is 21.2 Å². The lowest BCUT2D eigenvalue weighted by atomic mass is 10.1. The number of aromatic nitrogens is 2. The SMILES string of the molecule is CC(=N)/C=C\C(=N)c1c(C)cnn1C. The Morgan fingerprint density at radius 2 is 2.07 bits per heavy atom. The Labute approximate surface area is 83.3 Å². The van der Waals surface area contributed by atoms with Gasteiger partial charge < -0.3 is 5.41 Å². The van der Waals surface area contributed by atoms with Crippen LogP contribution in [-0.2, 0) is 7.05 Å². The topological polar surface area (TPSA) is 65.5 Å². The molecule has 1 aromatic rings. The summed E-state index contributed by atoms with van der Waals surface area (Å²) >= 11 is 0. The van der Waals surface area contributed by atoms with E-state index in [-0.39, 0.29) is 0 Å². The predicted octanol–water partition coefficient (Wildman–Crippen LogP) is 1.69. The summed E-state index contributed by atoms with van der Waals surface area (Å²) in [6.07, 6.45) is 4.95. The minimum atomic E-state index is 0.383. The Bertz CT molecular complexity index is 379. The Hall–Kier alpha value is -1.71. The van der Waals surface area contributed by atoms with E-state index in [2.05, 4.69) is 5.10 Å². The number of allylic oxidation sites excluding steroid dienone is 2. The first-order valence-electron chi connectivity index (χ1n) is 4.33. The van der Waals surface area contributed by atoms with Gasteiger partial charge in [-0.15, -0.1) is 0 Å². The van der Waals surface area contributed by atoms with E-state index in [1.165, 1.54) is 0 Å². The van der Waals surface area contributed by atoms with Crippen molar-refractivity contribution < 1.29 is 0 Å². The molecule has 0 aliphatic heterocycles. The maximum atomic E-state index is 7.78. The van der Waals surface area contributed by atoms with Gasteiger partial charge in [-0.05, 0) is 31.6 Å². The highest BCUT2D eigenvalue weighted by Gasteiger charge is 2.07. The van der Waals surface area contributed by atoms with Crippen LogP contribution >= 0.6 is 0 Å². The van der Waals surface area contributed by atoms with E-state index in [0.29, 0.717) is 11.4 Å². The Morgan fingerprint density at radius 1 is 1.43 bits per heavy atom. The van der Waals surface area contributed by atoms with Crippen molar-refractivity contribution in [3.05, 3.63) is 29.6 Å². The number of nitrogens with one attached hydrogen (secondary N) is 2. The summed E-state index contributed by atoms with van der Waals surface area (Å²) < 4.78 is 1.67. The molecule has 2 N–H and O–H groups in total. The standard InChI is InChI=1S/C10H14N4/c1-7-6-13-14(3)10(7)9(12)5-4-8(2)11/h4-6,11-12H,1-3H3/b5-4-,11-8?,12-9?. The normalized spacial score (nSPS) is 10.8. The zero-order valence-electron chi connectivity index (χ0n) is 8.63. The Kier molecular flexibility index (Phi) is 2.96. The van der Waals surface area contributed by atoms with Gasteiger partial charge in [-0.25, -0.2) is 0 Å². The second kappa shape index (κ2) is 4.00. The average molecular weight is 190 g/mol. The molecule has 1 rings (SSSR count). The van der Waals surface area contributed by atoms with Crippen LogP contribution in [0.25, 0.3) is 0 Å². The second-order valence-corrected chi connectivity index (χ2v) is 3.23. The molecule has 14 heavy (non-hydrogen) atoms. The van der Waals surface area contributed by atoms with Crippen molar-refractivity contribution in [1.29, 1.82) is 10.8 Å². The molecule has 0 amide bonds. The maximum Gasteiger partial charge on any atom is 0.0885 e. The average Bonchev–Trinajstić information content (AvgIpc) is 2.42. The summed E-state index contributed by atoms with van der Waals surface area (Å²) in [6.45, 7) is 3.60. The summed E-state index contributed by atoms with van der Waals surface area (Å²) in [5, 5.41) is 19.0. The van der Waals surface area contributed by atoms with Crippen LogP contribution in [0.3, 0.4) is 0 Å². The maximum absolute atomic E-state index is 7.78. The number of nitrogens with zero attached hydrogens (tertiary/aromatic N) is 2. The lowest BCUT2D eigenvalue weighted by Gasteiger charge is -2.00. The molecule has 0 aliphatic rings. The summed E-state index contributed by atoms with van der Waals surface area (Å²) in [5.41, 5.74) is 2.59. The van der Waals surface area contributed by atoms with Crippen LogP contribution in [0.2, 0.25) is 0 Å². The van der Waals surface area contributed by atoms with Crippen molar-refractivity contribution in [2.45, 2.75) is 13.8 Å². The van der Waals surface area contributed by atoms with E-state index >= 15 is 0 Å². The van der Waals surface area contributed by atoms with Gasteiger partial charge in [-0.2, -0.15) is 5.10 Å². The van der Waals surface area contributed by atoms with Crippen molar-refractivity contribution in [1.82, 2.24) is 9.78 Å². The fourth-order valence-electron chi connectivity index (χ4n) is 1.22. The third kappa shape index (κ3) is 2.16. The molecular formula is C10H14N4. The molecule has 0 spiro atoms. The third-order valence-electron chi connectivity index (χ3n) is 1.88. The number of hydrogen-bond acceptors (Lipinski definition) is 3. The zero-order valence-corrected chi connectivity index (χ0v) is 8.63. The fourth-order valence-corrected chi connectivity index (χ4v) is 1.22. The minimum absolute atomic E-state index is 0.383. The molecular weight excluding hydrogens is 176 g/mol. The Morgan fingerprint density at radius 3 is 2.50 bits per heavy atom. The van der Waals surface area contributed by atoms with E-state index in [9.17, 15) is 0 Å². The molecule has 4 heteroatoms. The quantitative estimate of drug-likeness (QED) is 0.700. The smallest absolute Gasteiger partial charge is 0.0885 e. The molecule has 0 bridgehead atoms. The highest BCUT2D eigenvalue weighted by Crippen LogP contribution is 2.06. The van der Waals surface area contributed by atoms with E-state index in [1.54, 1.807) is 30.0 Å². The van der Waals surface area contributed by atoms with E-state index < -0.39 is 0 Å². The van der Waals surface area contributed by atoms with Gasteiger partial charge in [0, 0.05) is 12.8 Å². The summed E-state index contributed by atoms with van der Waals surface area (Å²) in [7, 11) is 1.81. The van der Waals surface area contributed by atoms with Gasteiger partial charge >= 0.3 is 0 Å².